The van der Waals surface area contributed by atoms with Gasteiger partial charge in [-0.3, -0.25) is 0 Å². The molecule has 1 fully saturated rings. The van der Waals surface area contributed by atoms with Crippen LogP contribution in [-0.4, -0.2) is 0 Å². The van der Waals surface area contributed by atoms with Crippen molar-refractivity contribution in [1.82, 2.24) is 0 Å². The minimum absolute atomic E-state index is 0.540. The van der Waals surface area contributed by atoms with E-state index in [0.29, 0.717) is 10.8 Å². The van der Waals surface area contributed by atoms with Crippen LogP contribution < -0.4 is 0 Å². The van der Waals surface area contributed by atoms with Gasteiger partial charge in [0, 0.05) is 0 Å². The molecule has 0 saturated heterocycles. The zero-order valence-corrected chi connectivity index (χ0v) is 13.3. The van der Waals surface area contributed by atoms with Gasteiger partial charge in [0.15, 0.2) is 0 Å². The molecule has 1 aliphatic rings. The van der Waals surface area contributed by atoms with Gasteiger partial charge >= 0.3 is 0 Å². The molecule has 102 valence electrons. The summed E-state index contributed by atoms with van der Waals surface area (Å²) in [6, 6.07) is 0. The van der Waals surface area contributed by atoms with Crippen molar-refractivity contribution in [3.05, 3.63) is 0 Å². The number of hydrogen-bond acceptors (Lipinski definition) is 0. The molecule has 0 aliphatic heterocycles. The predicted octanol–water partition coefficient (Wildman–Crippen LogP) is 5.91. The van der Waals surface area contributed by atoms with Crippen molar-refractivity contribution < 1.29 is 0 Å². The highest BCUT2D eigenvalue weighted by Crippen LogP contribution is 2.48. The molecular weight excluding hydrogens is 204 g/mol. The van der Waals surface area contributed by atoms with E-state index in [-0.39, 0.29) is 0 Å². The summed E-state index contributed by atoms with van der Waals surface area (Å²) in [5.74, 6) is 2.68. The quantitative estimate of drug-likeness (QED) is 0.561. The van der Waals surface area contributed by atoms with Gasteiger partial charge in [-0.2, -0.15) is 0 Å². The standard InChI is InChI=1S/C17H34/c1-8-17(7)11-14(4)15(13(2)3)9-10-16(5,6)12-17/h13-15H,8-12H2,1-7H3. The second kappa shape index (κ2) is 5.33. The van der Waals surface area contributed by atoms with E-state index in [1.54, 1.807) is 0 Å². The van der Waals surface area contributed by atoms with E-state index >= 15 is 0 Å². The molecule has 0 aromatic carbocycles. The van der Waals surface area contributed by atoms with Crippen molar-refractivity contribution in [3.8, 4) is 0 Å². The lowest BCUT2D eigenvalue weighted by Gasteiger charge is -2.45. The van der Waals surface area contributed by atoms with Gasteiger partial charge in [-0.25, -0.2) is 0 Å². The molecule has 3 atom stereocenters. The van der Waals surface area contributed by atoms with Crippen molar-refractivity contribution in [2.24, 2.45) is 28.6 Å². The highest BCUT2D eigenvalue weighted by molar-refractivity contribution is 4.88. The van der Waals surface area contributed by atoms with Crippen LogP contribution in [0.4, 0.5) is 0 Å². The molecular formula is C17H34. The number of rotatable bonds is 2. The third kappa shape index (κ3) is 4.00. The molecule has 0 spiro atoms. The average molecular weight is 238 g/mol. The van der Waals surface area contributed by atoms with Crippen LogP contribution in [0.5, 0.6) is 0 Å². The molecule has 1 rings (SSSR count). The Morgan fingerprint density at radius 3 is 2.24 bits per heavy atom. The summed E-state index contributed by atoms with van der Waals surface area (Å²) in [5.41, 5.74) is 1.11. The minimum atomic E-state index is 0.540. The molecule has 1 aliphatic carbocycles. The van der Waals surface area contributed by atoms with E-state index in [4.69, 9.17) is 0 Å². The molecule has 0 radical (unpaired) electrons. The van der Waals surface area contributed by atoms with Gasteiger partial charge in [-0.1, -0.05) is 54.9 Å². The van der Waals surface area contributed by atoms with E-state index in [0.717, 1.165) is 17.8 Å². The first-order chi connectivity index (χ1) is 7.69. The predicted molar refractivity (Wildman–Crippen MR) is 78.1 cm³/mol. The van der Waals surface area contributed by atoms with Crippen LogP contribution >= 0.6 is 0 Å². The molecule has 0 amide bonds. The highest BCUT2D eigenvalue weighted by Gasteiger charge is 2.37. The lowest BCUT2D eigenvalue weighted by molar-refractivity contribution is 0.0624. The maximum Gasteiger partial charge on any atom is -0.0321 e. The Bertz CT molecular complexity index is 238. The fourth-order valence-corrected chi connectivity index (χ4v) is 4.35. The van der Waals surface area contributed by atoms with Gasteiger partial charge < -0.3 is 0 Å². The second-order valence-electron chi connectivity index (χ2n) is 8.13. The van der Waals surface area contributed by atoms with Gasteiger partial charge in [0.2, 0.25) is 0 Å². The van der Waals surface area contributed by atoms with Crippen molar-refractivity contribution >= 4 is 0 Å². The minimum Gasteiger partial charge on any atom is -0.0649 e. The third-order valence-electron chi connectivity index (χ3n) is 5.32. The van der Waals surface area contributed by atoms with E-state index in [1.807, 2.05) is 0 Å². The summed E-state index contributed by atoms with van der Waals surface area (Å²) in [6.07, 6.45) is 7.02. The Balaban J connectivity index is 2.88. The monoisotopic (exact) mass is 238 g/mol. The van der Waals surface area contributed by atoms with E-state index in [1.165, 1.54) is 32.1 Å². The molecule has 3 unspecified atom stereocenters. The first-order valence-electron chi connectivity index (χ1n) is 7.69. The SMILES string of the molecule is CCC1(C)CC(C)C(C(C)C)CCC(C)(C)C1. The fourth-order valence-electron chi connectivity index (χ4n) is 4.35. The first kappa shape index (κ1) is 15.1. The van der Waals surface area contributed by atoms with E-state index in [9.17, 15) is 0 Å². The summed E-state index contributed by atoms with van der Waals surface area (Å²) >= 11 is 0. The van der Waals surface area contributed by atoms with Crippen molar-refractivity contribution in [2.75, 3.05) is 0 Å². The maximum absolute atomic E-state index is 2.52. The van der Waals surface area contributed by atoms with Crippen LogP contribution in [0.2, 0.25) is 0 Å². The van der Waals surface area contributed by atoms with Gasteiger partial charge in [-0.05, 0) is 54.3 Å². The summed E-state index contributed by atoms with van der Waals surface area (Å²) in [5, 5.41) is 0. The van der Waals surface area contributed by atoms with Crippen molar-refractivity contribution in [3.63, 3.8) is 0 Å². The second-order valence-corrected chi connectivity index (χ2v) is 8.13. The van der Waals surface area contributed by atoms with Crippen LogP contribution in [0.15, 0.2) is 0 Å². The van der Waals surface area contributed by atoms with Crippen LogP contribution in [0.3, 0.4) is 0 Å². The molecule has 17 heavy (non-hydrogen) atoms. The fraction of sp³-hybridized carbons (Fsp3) is 1.00. The van der Waals surface area contributed by atoms with E-state index in [2.05, 4.69) is 48.5 Å². The molecule has 0 aromatic rings. The zero-order valence-electron chi connectivity index (χ0n) is 13.3. The van der Waals surface area contributed by atoms with Crippen LogP contribution in [0.1, 0.15) is 80.6 Å². The molecule has 0 N–H and O–H groups in total. The molecule has 0 aromatic heterocycles. The Morgan fingerprint density at radius 1 is 1.18 bits per heavy atom. The highest BCUT2D eigenvalue weighted by atomic mass is 14.4. The van der Waals surface area contributed by atoms with Crippen LogP contribution in [0, 0.1) is 28.6 Å². The first-order valence-corrected chi connectivity index (χ1v) is 7.69. The molecule has 0 bridgehead atoms. The Labute approximate surface area is 110 Å². The maximum atomic E-state index is 2.52. The van der Waals surface area contributed by atoms with Gasteiger partial charge in [0.05, 0.1) is 0 Å². The third-order valence-corrected chi connectivity index (χ3v) is 5.32. The molecule has 0 nitrogen and oxygen atoms in total. The smallest absolute Gasteiger partial charge is 0.0321 e. The van der Waals surface area contributed by atoms with Gasteiger partial charge in [0.25, 0.3) is 0 Å². The Hall–Kier alpha value is 0. The van der Waals surface area contributed by atoms with Gasteiger partial charge in [0.1, 0.15) is 0 Å². The van der Waals surface area contributed by atoms with Crippen molar-refractivity contribution in [1.29, 1.82) is 0 Å². The topological polar surface area (TPSA) is 0 Å². The summed E-state index contributed by atoms with van der Waals surface area (Å²) in [6.45, 7) is 17.2. The lowest BCUT2D eigenvalue weighted by Crippen LogP contribution is -2.34. The summed E-state index contributed by atoms with van der Waals surface area (Å²) in [7, 11) is 0. The molecule has 0 heterocycles. The zero-order chi connectivity index (χ0) is 13.3. The van der Waals surface area contributed by atoms with Crippen molar-refractivity contribution in [2.45, 2.75) is 80.6 Å². The summed E-state index contributed by atoms with van der Waals surface area (Å²) < 4.78 is 0. The summed E-state index contributed by atoms with van der Waals surface area (Å²) in [4.78, 5) is 0. The molecule has 1 saturated carbocycles. The Morgan fingerprint density at radius 2 is 1.76 bits per heavy atom. The van der Waals surface area contributed by atoms with Crippen LogP contribution in [0.25, 0.3) is 0 Å². The number of hydrogen-bond donors (Lipinski definition) is 0. The normalized spacial score (nSPS) is 38.8. The Kier molecular flexibility index (Phi) is 4.72. The molecule has 0 heteroatoms. The van der Waals surface area contributed by atoms with Crippen LogP contribution in [-0.2, 0) is 0 Å². The van der Waals surface area contributed by atoms with E-state index < -0.39 is 0 Å². The lowest BCUT2D eigenvalue weighted by atomic mass is 9.61. The van der Waals surface area contributed by atoms with Gasteiger partial charge in [-0.15, -0.1) is 0 Å². The average Bonchev–Trinajstić information content (AvgIpc) is 2.14. The largest absolute Gasteiger partial charge is 0.0649 e.